The fourth-order valence-electron chi connectivity index (χ4n) is 7.66. The van der Waals surface area contributed by atoms with Gasteiger partial charge in [0.15, 0.2) is 18.7 Å². The number of hydrogen-bond donors (Lipinski definition) is 4. The number of aliphatic hydroxyl groups is 4. The van der Waals surface area contributed by atoms with Crippen molar-refractivity contribution in [2.45, 2.75) is 172 Å². The Morgan fingerprint density at radius 2 is 1.74 bits per heavy atom. The molecule has 310 valence electrons. The fraction of sp³-hybridized carbons (Fsp3) is 0.821. The van der Waals surface area contributed by atoms with Gasteiger partial charge in [-0.25, -0.2) is 0 Å². The van der Waals surface area contributed by atoms with Crippen LogP contribution in [0.3, 0.4) is 0 Å². The minimum Gasteiger partial charge on any atom is -0.462 e. The SMILES string of the molecule is CCCC(=O)OC1C(C)OC(OC2C(C)OC(OC3C(CC=O)CC(C)C(O)C=CC=CCC(C)OC(=O)CC(O)C3OC)C(O)C2N(C)C)C[C@@]1(C)O. The van der Waals surface area contributed by atoms with E-state index in [-0.39, 0.29) is 31.6 Å². The van der Waals surface area contributed by atoms with Gasteiger partial charge in [0, 0.05) is 32.8 Å². The molecule has 2 fully saturated rings. The Morgan fingerprint density at radius 1 is 1.04 bits per heavy atom. The van der Waals surface area contributed by atoms with Crippen LogP contribution in [-0.2, 0) is 47.5 Å². The number of methoxy groups -OCH3 is 1. The summed E-state index contributed by atoms with van der Waals surface area (Å²) in [6.07, 6.45) is -3.26. The van der Waals surface area contributed by atoms with Gasteiger partial charge in [0.1, 0.15) is 36.3 Å². The maximum absolute atomic E-state index is 12.9. The molecule has 3 heterocycles. The van der Waals surface area contributed by atoms with Gasteiger partial charge in [-0.1, -0.05) is 38.2 Å². The van der Waals surface area contributed by atoms with Crippen LogP contribution in [0.4, 0.5) is 0 Å². The lowest BCUT2D eigenvalue weighted by Crippen LogP contribution is -2.66. The Kier molecular flexibility index (Phi) is 18.2. The zero-order valence-electron chi connectivity index (χ0n) is 33.3. The Bertz CT molecular complexity index is 1240. The lowest BCUT2D eigenvalue weighted by molar-refractivity contribution is -0.344. The van der Waals surface area contributed by atoms with Crippen LogP contribution in [0.1, 0.15) is 86.5 Å². The van der Waals surface area contributed by atoms with Crippen molar-refractivity contribution < 1.29 is 68.0 Å². The van der Waals surface area contributed by atoms with Gasteiger partial charge < -0.3 is 63.3 Å². The molecular weight excluding hydrogens is 706 g/mol. The van der Waals surface area contributed by atoms with Gasteiger partial charge in [-0.3, -0.25) is 9.59 Å². The van der Waals surface area contributed by atoms with E-state index in [0.717, 1.165) is 6.29 Å². The lowest BCUT2D eigenvalue weighted by atomic mass is 9.82. The second-order valence-electron chi connectivity index (χ2n) is 15.5. The van der Waals surface area contributed by atoms with Crippen molar-refractivity contribution in [2.75, 3.05) is 21.2 Å². The largest absolute Gasteiger partial charge is 0.462 e. The Labute approximate surface area is 319 Å². The minimum absolute atomic E-state index is 0.0274. The molecule has 15 unspecified atom stereocenters. The molecule has 0 aliphatic carbocycles. The number of aldehydes is 1. The summed E-state index contributed by atoms with van der Waals surface area (Å²) in [6.45, 7) is 10.4. The highest BCUT2D eigenvalue weighted by atomic mass is 16.7. The molecule has 0 radical (unpaired) electrons. The van der Waals surface area contributed by atoms with Crippen molar-refractivity contribution in [1.82, 2.24) is 4.90 Å². The summed E-state index contributed by atoms with van der Waals surface area (Å²) in [5.74, 6) is -2.11. The first-order valence-corrected chi connectivity index (χ1v) is 19.2. The van der Waals surface area contributed by atoms with Crippen molar-refractivity contribution in [1.29, 1.82) is 0 Å². The highest BCUT2D eigenvalue weighted by Gasteiger charge is 2.52. The van der Waals surface area contributed by atoms with E-state index in [0.29, 0.717) is 12.8 Å². The van der Waals surface area contributed by atoms with E-state index in [1.807, 2.05) is 19.9 Å². The number of cyclic esters (lactones) is 1. The first-order valence-electron chi connectivity index (χ1n) is 19.2. The summed E-state index contributed by atoms with van der Waals surface area (Å²) >= 11 is 0. The third-order valence-corrected chi connectivity index (χ3v) is 10.5. The lowest BCUT2D eigenvalue weighted by Gasteiger charge is -2.50. The van der Waals surface area contributed by atoms with Gasteiger partial charge in [0.2, 0.25) is 0 Å². The topological polar surface area (TPSA) is 200 Å². The number of rotatable bonds is 11. The van der Waals surface area contributed by atoms with Crippen LogP contribution in [-0.4, -0.2) is 150 Å². The van der Waals surface area contributed by atoms with E-state index in [2.05, 4.69) is 0 Å². The Hall–Kier alpha value is -2.31. The van der Waals surface area contributed by atoms with Gasteiger partial charge in [-0.15, -0.1) is 0 Å². The molecule has 4 N–H and O–H groups in total. The molecule has 0 aromatic carbocycles. The molecule has 3 aliphatic rings. The summed E-state index contributed by atoms with van der Waals surface area (Å²) in [5.41, 5.74) is -1.47. The van der Waals surface area contributed by atoms with Gasteiger partial charge in [-0.2, -0.15) is 0 Å². The predicted molar refractivity (Wildman–Crippen MR) is 196 cm³/mol. The van der Waals surface area contributed by atoms with Gasteiger partial charge in [-0.05, 0) is 66.5 Å². The van der Waals surface area contributed by atoms with Crippen LogP contribution in [0, 0.1) is 11.8 Å². The maximum Gasteiger partial charge on any atom is 0.308 e. The molecule has 0 amide bonds. The van der Waals surface area contributed by atoms with Gasteiger partial charge in [0.25, 0.3) is 0 Å². The van der Waals surface area contributed by atoms with E-state index in [1.165, 1.54) is 7.11 Å². The number of allylic oxidation sites excluding steroid dienone is 2. The van der Waals surface area contributed by atoms with Crippen LogP contribution in [0.5, 0.6) is 0 Å². The number of likely N-dealkylation sites (N-methyl/N-ethyl adjacent to an activating group) is 1. The van der Waals surface area contributed by atoms with Gasteiger partial charge >= 0.3 is 11.9 Å². The first-order chi connectivity index (χ1) is 25.4. The number of aliphatic hydroxyl groups excluding tert-OH is 3. The predicted octanol–water partition coefficient (Wildman–Crippen LogP) is 2.20. The second-order valence-corrected chi connectivity index (χ2v) is 15.5. The summed E-state index contributed by atoms with van der Waals surface area (Å²) in [4.78, 5) is 39.0. The van der Waals surface area contributed by atoms with Crippen LogP contribution >= 0.6 is 0 Å². The molecule has 0 aromatic heterocycles. The molecule has 2 saturated heterocycles. The van der Waals surface area contributed by atoms with Crippen molar-refractivity contribution in [3.05, 3.63) is 24.3 Å². The van der Waals surface area contributed by atoms with Gasteiger partial charge in [0.05, 0.1) is 43.0 Å². The van der Waals surface area contributed by atoms with Crippen LogP contribution in [0.2, 0.25) is 0 Å². The smallest absolute Gasteiger partial charge is 0.308 e. The van der Waals surface area contributed by atoms with E-state index < -0.39 is 110 Å². The number of ether oxygens (including phenoxy) is 7. The standard InChI is InChI=1S/C39H65NO14/c1-10-14-29(44)52-37-25(5)50-31(21-39(37,6)47)53-34-24(4)51-38(33(46)32(34)40(7)8)54-35-26(17-18-41)19-22(2)27(42)16-13-11-12-15-23(3)49-30(45)20-28(43)36(35)48-9/h11-13,16,18,22-28,31-38,42-43,46-47H,10,14-15,17,19-21H2,1-9H3/t22?,23?,24?,25?,26?,27?,28?,31?,32?,33?,34?,35?,36?,37?,38?,39-/m1/s1. The van der Waals surface area contributed by atoms with E-state index in [1.54, 1.807) is 64.9 Å². The summed E-state index contributed by atoms with van der Waals surface area (Å²) in [5, 5.41) is 45.7. The summed E-state index contributed by atoms with van der Waals surface area (Å²) in [6, 6.07) is -0.750. The average Bonchev–Trinajstić information content (AvgIpc) is 3.07. The average molecular weight is 772 g/mol. The number of carbonyl (C=O) groups is 3. The number of nitrogens with zero attached hydrogens (tertiary/aromatic N) is 1. The quantitative estimate of drug-likeness (QED) is 0.176. The van der Waals surface area contributed by atoms with Crippen molar-refractivity contribution in [2.24, 2.45) is 11.8 Å². The zero-order valence-corrected chi connectivity index (χ0v) is 33.3. The molecule has 0 spiro atoms. The molecular formula is C39H65NO14. The second kappa shape index (κ2) is 21.3. The molecule has 3 rings (SSSR count). The zero-order chi connectivity index (χ0) is 40.3. The molecule has 54 heavy (non-hydrogen) atoms. The summed E-state index contributed by atoms with van der Waals surface area (Å²) in [7, 11) is 4.86. The minimum atomic E-state index is -1.47. The van der Waals surface area contributed by atoms with E-state index in [4.69, 9.17) is 33.2 Å². The molecule has 0 bridgehead atoms. The fourth-order valence-corrected chi connectivity index (χ4v) is 7.66. The number of esters is 2. The Morgan fingerprint density at radius 3 is 2.35 bits per heavy atom. The molecule has 3 aliphatic heterocycles. The number of carbonyl (C=O) groups excluding carboxylic acids is 3. The molecule has 15 nitrogen and oxygen atoms in total. The van der Waals surface area contributed by atoms with E-state index in [9.17, 15) is 34.8 Å². The third kappa shape index (κ3) is 12.6. The van der Waals surface area contributed by atoms with E-state index >= 15 is 0 Å². The molecule has 15 heteroatoms. The molecule has 16 atom stereocenters. The first kappa shape index (κ1) is 46.1. The van der Waals surface area contributed by atoms with Crippen LogP contribution < -0.4 is 0 Å². The van der Waals surface area contributed by atoms with Crippen molar-refractivity contribution in [3.8, 4) is 0 Å². The highest BCUT2D eigenvalue weighted by molar-refractivity contribution is 5.70. The van der Waals surface area contributed by atoms with Crippen LogP contribution in [0.15, 0.2) is 24.3 Å². The summed E-state index contributed by atoms with van der Waals surface area (Å²) < 4.78 is 42.2. The van der Waals surface area contributed by atoms with Crippen molar-refractivity contribution >= 4 is 18.2 Å². The number of hydrogen-bond acceptors (Lipinski definition) is 15. The van der Waals surface area contributed by atoms with Crippen molar-refractivity contribution in [3.63, 3.8) is 0 Å². The molecule has 0 aromatic rings. The normalized spacial score (nSPS) is 41.7. The monoisotopic (exact) mass is 771 g/mol. The molecule has 0 saturated carbocycles. The maximum atomic E-state index is 12.9. The Balaban J connectivity index is 1.91. The highest BCUT2D eigenvalue weighted by Crippen LogP contribution is 2.37. The van der Waals surface area contributed by atoms with Crippen LogP contribution in [0.25, 0.3) is 0 Å². The third-order valence-electron chi connectivity index (χ3n) is 10.5.